The van der Waals surface area contributed by atoms with E-state index in [1.165, 1.54) is 12.0 Å². The zero-order chi connectivity index (χ0) is 24.5. The molecule has 0 bridgehead atoms. The van der Waals surface area contributed by atoms with Gasteiger partial charge in [0.05, 0.1) is 13.2 Å². The van der Waals surface area contributed by atoms with Crippen molar-refractivity contribution in [3.63, 3.8) is 0 Å². The Morgan fingerprint density at radius 3 is 2.26 bits per heavy atom. The van der Waals surface area contributed by atoms with E-state index in [1.807, 2.05) is 54.6 Å². The third kappa shape index (κ3) is 5.14. The third-order valence-electron chi connectivity index (χ3n) is 5.48. The van der Waals surface area contributed by atoms with Crippen molar-refractivity contribution < 1.29 is 19.1 Å². The van der Waals surface area contributed by atoms with Gasteiger partial charge in [0.1, 0.15) is 23.0 Å². The minimum atomic E-state index is -0.773. The Labute approximate surface area is 207 Å². The van der Waals surface area contributed by atoms with E-state index in [9.17, 15) is 9.59 Å². The quantitative estimate of drug-likeness (QED) is 0.439. The van der Waals surface area contributed by atoms with Crippen molar-refractivity contribution in [2.75, 3.05) is 13.7 Å². The molecule has 0 spiro atoms. The van der Waals surface area contributed by atoms with Crippen LogP contribution in [0.2, 0.25) is 0 Å². The Morgan fingerprint density at radius 1 is 1.00 bits per heavy atom. The Morgan fingerprint density at radius 2 is 1.65 bits per heavy atom. The molecule has 1 saturated heterocycles. The predicted octanol–water partition coefficient (Wildman–Crippen LogP) is 5.10. The molecule has 0 aliphatic carbocycles. The van der Waals surface area contributed by atoms with Crippen LogP contribution in [0.1, 0.15) is 33.2 Å². The van der Waals surface area contributed by atoms with Gasteiger partial charge in [0.15, 0.2) is 0 Å². The molecule has 1 aliphatic heterocycles. The van der Waals surface area contributed by atoms with E-state index in [0.717, 1.165) is 27.0 Å². The first kappa shape index (κ1) is 23.9. The summed E-state index contributed by atoms with van der Waals surface area (Å²) in [5.74, 6) is -0.490. The fraction of sp³-hybridized carbons (Fsp3) is 0.360. The number of ether oxygens (including phenoxy) is 2. The van der Waals surface area contributed by atoms with Gasteiger partial charge in [0, 0.05) is 28.6 Å². The maximum absolute atomic E-state index is 12.9. The number of esters is 1. The monoisotopic (exact) mass is 526 g/mol. The molecule has 1 aliphatic rings. The van der Waals surface area contributed by atoms with E-state index in [1.54, 1.807) is 25.6 Å². The van der Waals surface area contributed by atoms with Crippen LogP contribution in [0.4, 0.5) is 4.79 Å². The van der Waals surface area contributed by atoms with Gasteiger partial charge in [-0.25, -0.2) is 9.59 Å². The van der Waals surface area contributed by atoms with Crippen molar-refractivity contribution in [2.45, 2.75) is 44.9 Å². The first-order chi connectivity index (χ1) is 16.2. The van der Waals surface area contributed by atoms with E-state index >= 15 is 0 Å². The van der Waals surface area contributed by atoms with Gasteiger partial charge in [-0.15, -0.1) is 0 Å². The number of carbonyl (C=O) groups is 2. The molecule has 0 N–H and O–H groups in total. The average molecular weight is 527 g/mol. The van der Waals surface area contributed by atoms with Crippen molar-refractivity contribution in [3.8, 4) is 22.5 Å². The number of benzene rings is 2. The summed E-state index contributed by atoms with van der Waals surface area (Å²) in [5.41, 5.74) is 2.59. The zero-order valence-corrected chi connectivity index (χ0v) is 21.2. The molecule has 2 heterocycles. The van der Waals surface area contributed by atoms with Gasteiger partial charge in [-0.1, -0.05) is 58.4 Å². The van der Waals surface area contributed by atoms with Gasteiger partial charge in [0.25, 0.3) is 0 Å². The summed E-state index contributed by atoms with van der Waals surface area (Å²) in [7, 11) is 1.31. The van der Waals surface area contributed by atoms with Crippen LogP contribution >= 0.6 is 15.9 Å². The van der Waals surface area contributed by atoms with Crippen LogP contribution in [0.15, 0.2) is 59.1 Å². The van der Waals surface area contributed by atoms with Crippen molar-refractivity contribution >= 4 is 28.0 Å². The number of aromatic nitrogens is 3. The molecule has 1 aromatic heterocycles. The molecule has 2 aromatic carbocycles. The molecule has 1 fully saturated rings. The minimum Gasteiger partial charge on any atom is -0.467 e. The molecule has 0 radical (unpaired) electrons. The second-order valence-corrected chi connectivity index (χ2v) is 10.1. The number of hydrogen-bond acceptors (Lipinski definition) is 6. The van der Waals surface area contributed by atoms with E-state index in [0.29, 0.717) is 6.42 Å². The van der Waals surface area contributed by atoms with Gasteiger partial charge in [-0.05, 0) is 32.9 Å². The molecular formula is C25H27BrN4O4. The first-order valence-electron chi connectivity index (χ1n) is 11.0. The summed E-state index contributed by atoms with van der Waals surface area (Å²) in [5, 5.41) is 9.64. The number of rotatable bonds is 4. The van der Waals surface area contributed by atoms with Crippen LogP contribution in [0.3, 0.4) is 0 Å². The standard InChI is InChI=1S/C25H27BrN4O4/c1-25(2,3)34-24(32)29-15-19(14-20(29)23(31)33-4)30-27-21(16-9-6-5-7-10-16)22(28-30)17-11-8-12-18(26)13-17/h5-13,19-20H,14-15H2,1-4H3/t19-,20+/m1/s1. The fourth-order valence-electron chi connectivity index (χ4n) is 3.97. The normalized spacial score (nSPS) is 18.1. The van der Waals surface area contributed by atoms with Gasteiger partial charge < -0.3 is 9.47 Å². The minimum absolute atomic E-state index is 0.232. The largest absolute Gasteiger partial charge is 0.467 e. The summed E-state index contributed by atoms with van der Waals surface area (Å²) in [6.07, 6.45) is -0.236. The lowest BCUT2D eigenvalue weighted by molar-refractivity contribution is -0.145. The smallest absolute Gasteiger partial charge is 0.411 e. The molecule has 0 saturated carbocycles. The Kier molecular flexibility index (Phi) is 6.74. The summed E-state index contributed by atoms with van der Waals surface area (Å²) in [6, 6.07) is 16.6. The Hall–Kier alpha value is -3.20. The van der Waals surface area contributed by atoms with Gasteiger partial charge >= 0.3 is 12.1 Å². The molecule has 4 rings (SSSR count). The highest BCUT2D eigenvalue weighted by atomic mass is 79.9. The number of halogens is 1. The van der Waals surface area contributed by atoms with Crippen molar-refractivity contribution in [3.05, 3.63) is 59.1 Å². The van der Waals surface area contributed by atoms with E-state index < -0.39 is 23.7 Å². The van der Waals surface area contributed by atoms with Gasteiger partial charge in [-0.3, -0.25) is 4.90 Å². The van der Waals surface area contributed by atoms with Crippen molar-refractivity contribution in [1.29, 1.82) is 0 Å². The summed E-state index contributed by atoms with van der Waals surface area (Å²) < 4.78 is 11.4. The van der Waals surface area contributed by atoms with Crippen LogP contribution in [0.25, 0.3) is 22.5 Å². The van der Waals surface area contributed by atoms with Crippen LogP contribution in [0.5, 0.6) is 0 Å². The topological polar surface area (TPSA) is 86.6 Å². The lowest BCUT2D eigenvalue weighted by atomic mass is 10.1. The highest BCUT2D eigenvalue weighted by Crippen LogP contribution is 2.34. The van der Waals surface area contributed by atoms with Crippen molar-refractivity contribution in [2.24, 2.45) is 0 Å². The number of hydrogen-bond donors (Lipinski definition) is 0. The zero-order valence-electron chi connectivity index (χ0n) is 19.6. The maximum atomic E-state index is 12.9. The summed E-state index contributed by atoms with van der Waals surface area (Å²) in [4.78, 5) is 28.4. The molecule has 2 atom stereocenters. The number of nitrogens with zero attached hydrogens (tertiary/aromatic N) is 4. The maximum Gasteiger partial charge on any atom is 0.411 e. The lowest BCUT2D eigenvalue weighted by Crippen LogP contribution is -2.43. The molecule has 9 heteroatoms. The number of likely N-dealkylation sites (tertiary alicyclic amines) is 1. The molecule has 34 heavy (non-hydrogen) atoms. The van der Waals surface area contributed by atoms with Crippen LogP contribution in [-0.4, -0.2) is 57.3 Å². The number of carbonyl (C=O) groups excluding carboxylic acids is 2. The second kappa shape index (κ2) is 9.58. The molecule has 178 valence electrons. The lowest BCUT2D eigenvalue weighted by Gasteiger charge is -2.27. The number of methoxy groups -OCH3 is 1. The van der Waals surface area contributed by atoms with Gasteiger partial charge in [0.2, 0.25) is 0 Å². The van der Waals surface area contributed by atoms with Crippen LogP contribution < -0.4 is 0 Å². The third-order valence-corrected chi connectivity index (χ3v) is 5.97. The molecule has 0 unspecified atom stereocenters. The van der Waals surface area contributed by atoms with Crippen molar-refractivity contribution in [1.82, 2.24) is 19.9 Å². The molecule has 8 nitrogen and oxygen atoms in total. The van der Waals surface area contributed by atoms with Crippen LogP contribution in [-0.2, 0) is 14.3 Å². The van der Waals surface area contributed by atoms with E-state index in [-0.39, 0.29) is 12.6 Å². The van der Waals surface area contributed by atoms with E-state index in [4.69, 9.17) is 19.7 Å². The highest BCUT2D eigenvalue weighted by molar-refractivity contribution is 9.10. The Balaban J connectivity index is 1.72. The van der Waals surface area contributed by atoms with Crippen LogP contribution in [0, 0.1) is 0 Å². The highest BCUT2D eigenvalue weighted by Gasteiger charge is 2.44. The van der Waals surface area contributed by atoms with E-state index in [2.05, 4.69) is 15.9 Å². The predicted molar refractivity (Wildman–Crippen MR) is 131 cm³/mol. The number of amides is 1. The second-order valence-electron chi connectivity index (χ2n) is 9.16. The summed E-state index contributed by atoms with van der Waals surface area (Å²) in [6.45, 7) is 5.60. The van der Waals surface area contributed by atoms with Gasteiger partial charge in [-0.2, -0.15) is 15.0 Å². The molecule has 1 amide bonds. The Bertz CT molecular complexity index is 1190. The SMILES string of the molecule is COC(=O)[C@@H]1C[C@@H](n2nc(-c3ccccc3)c(-c3cccc(Br)c3)n2)CN1C(=O)OC(C)(C)C. The first-order valence-corrected chi connectivity index (χ1v) is 11.8. The fourth-order valence-corrected chi connectivity index (χ4v) is 4.37. The summed E-state index contributed by atoms with van der Waals surface area (Å²) >= 11 is 3.53. The molecular weight excluding hydrogens is 500 g/mol. The average Bonchev–Trinajstić information content (AvgIpc) is 3.43. The molecule has 3 aromatic rings.